The van der Waals surface area contributed by atoms with Crippen LogP contribution in [0.4, 0.5) is 5.69 Å². The van der Waals surface area contributed by atoms with E-state index in [0.717, 1.165) is 35.8 Å². The second-order valence-corrected chi connectivity index (χ2v) is 9.71. The number of anilines is 1. The Hall–Kier alpha value is -3.04. The third kappa shape index (κ3) is 6.72. The van der Waals surface area contributed by atoms with Crippen molar-refractivity contribution in [3.05, 3.63) is 60.2 Å². The number of piperazine rings is 1. The van der Waals surface area contributed by atoms with Gasteiger partial charge in [0.25, 0.3) is 0 Å². The lowest BCUT2D eigenvalue weighted by atomic mass is 10.2. The molecule has 0 N–H and O–H groups in total. The Kier molecular flexibility index (Phi) is 8.35. The van der Waals surface area contributed by atoms with Crippen molar-refractivity contribution in [1.82, 2.24) is 9.80 Å². The summed E-state index contributed by atoms with van der Waals surface area (Å²) in [6, 6.07) is 14.9. The van der Waals surface area contributed by atoms with Crippen LogP contribution < -0.4 is 13.8 Å². The van der Waals surface area contributed by atoms with E-state index < -0.39 is 10.0 Å². The van der Waals surface area contributed by atoms with Crippen molar-refractivity contribution in [2.45, 2.75) is 0 Å². The molecule has 1 fully saturated rings. The van der Waals surface area contributed by atoms with Crippen LogP contribution in [0, 0.1) is 0 Å². The molecule has 0 aromatic heterocycles. The molecule has 0 atom stereocenters. The van der Waals surface area contributed by atoms with Gasteiger partial charge < -0.3 is 14.4 Å². The van der Waals surface area contributed by atoms with Gasteiger partial charge in [0.05, 0.1) is 26.2 Å². The van der Waals surface area contributed by atoms with Crippen molar-refractivity contribution < 1.29 is 22.7 Å². The Labute approximate surface area is 196 Å². The molecule has 0 spiro atoms. The van der Waals surface area contributed by atoms with Crippen LogP contribution in [0.5, 0.6) is 11.5 Å². The van der Waals surface area contributed by atoms with Gasteiger partial charge in [0, 0.05) is 38.8 Å². The molecule has 0 saturated carbocycles. The van der Waals surface area contributed by atoms with Crippen molar-refractivity contribution in [3.63, 3.8) is 0 Å². The van der Waals surface area contributed by atoms with Gasteiger partial charge in [0.1, 0.15) is 18.0 Å². The van der Waals surface area contributed by atoms with E-state index in [4.69, 9.17) is 9.47 Å². The van der Waals surface area contributed by atoms with Gasteiger partial charge in [-0.3, -0.25) is 14.0 Å². The SMILES string of the molecule is COc1ccc(N(CC(=O)N2CCN(C/C=C/c3ccccc3)CC2)S(C)(=O)=O)c(OC)c1. The summed E-state index contributed by atoms with van der Waals surface area (Å²) in [5.74, 6) is 0.619. The summed E-state index contributed by atoms with van der Waals surface area (Å²) in [5.41, 5.74) is 1.46. The predicted octanol–water partition coefficient (Wildman–Crippen LogP) is 2.33. The molecule has 2 aromatic rings. The Balaban J connectivity index is 1.61. The molecule has 9 heteroatoms. The Morgan fingerprint density at radius 1 is 1.03 bits per heavy atom. The van der Waals surface area contributed by atoms with Crippen molar-refractivity contribution in [2.75, 3.05) is 64.0 Å². The number of sulfonamides is 1. The van der Waals surface area contributed by atoms with E-state index in [1.807, 2.05) is 18.2 Å². The molecule has 0 radical (unpaired) electrons. The minimum atomic E-state index is -3.71. The quantitative estimate of drug-likeness (QED) is 0.556. The summed E-state index contributed by atoms with van der Waals surface area (Å²) < 4.78 is 36.6. The molecule has 1 heterocycles. The lowest BCUT2D eigenvalue weighted by Crippen LogP contribution is -2.51. The highest BCUT2D eigenvalue weighted by Gasteiger charge is 2.28. The molecule has 8 nitrogen and oxygen atoms in total. The standard InChI is InChI=1S/C24H31N3O5S/c1-31-21-11-12-22(23(18-21)32-2)27(33(3,29)30)19-24(28)26-16-14-25(15-17-26)13-7-10-20-8-5-4-6-9-20/h4-12,18H,13-17,19H2,1-3H3/b10-7+. The van der Waals surface area contributed by atoms with E-state index in [0.29, 0.717) is 30.3 Å². The van der Waals surface area contributed by atoms with Crippen molar-refractivity contribution in [2.24, 2.45) is 0 Å². The third-order valence-corrected chi connectivity index (χ3v) is 6.66. The summed E-state index contributed by atoms with van der Waals surface area (Å²) >= 11 is 0. The number of hydrogen-bond acceptors (Lipinski definition) is 6. The molecule has 2 aromatic carbocycles. The number of carbonyl (C=O) groups excluding carboxylic acids is 1. The third-order valence-electron chi connectivity index (χ3n) is 5.53. The zero-order valence-electron chi connectivity index (χ0n) is 19.3. The number of methoxy groups -OCH3 is 2. The molecule has 0 aliphatic carbocycles. The number of carbonyl (C=O) groups is 1. The summed E-state index contributed by atoms with van der Waals surface area (Å²) in [4.78, 5) is 17.0. The topological polar surface area (TPSA) is 79.4 Å². The first-order valence-electron chi connectivity index (χ1n) is 10.7. The lowest BCUT2D eigenvalue weighted by Gasteiger charge is -2.35. The van der Waals surface area contributed by atoms with Crippen LogP contribution in [0.15, 0.2) is 54.6 Å². The molecule has 33 heavy (non-hydrogen) atoms. The van der Waals surface area contributed by atoms with E-state index in [9.17, 15) is 13.2 Å². The van der Waals surface area contributed by atoms with Crippen LogP contribution in [0.25, 0.3) is 6.08 Å². The number of hydrogen-bond donors (Lipinski definition) is 0. The second-order valence-electron chi connectivity index (χ2n) is 7.80. The molecular weight excluding hydrogens is 442 g/mol. The largest absolute Gasteiger partial charge is 0.497 e. The predicted molar refractivity (Wildman–Crippen MR) is 130 cm³/mol. The maximum atomic E-state index is 13.0. The fourth-order valence-corrected chi connectivity index (χ4v) is 4.53. The Morgan fingerprint density at radius 3 is 2.33 bits per heavy atom. The molecule has 1 saturated heterocycles. The van der Waals surface area contributed by atoms with E-state index >= 15 is 0 Å². The van der Waals surface area contributed by atoms with Crippen LogP contribution in [0.2, 0.25) is 0 Å². The lowest BCUT2D eigenvalue weighted by molar-refractivity contribution is -0.131. The minimum Gasteiger partial charge on any atom is -0.497 e. The van der Waals surface area contributed by atoms with Gasteiger partial charge >= 0.3 is 0 Å². The smallest absolute Gasteiger partial charge is 0.243 e. The number of rotatable bonds is 9. The zero-order chi connectivity index (χ0) is 23.8. The highest BCUT2D eigenvalue weighted by atomic mass is 32.2. The first-order chi connectivity index (χ1) is 15.8. The van der Waals surface area contributed by atoms with Gasteiger partial charge in [-0.25, -0.2) is 8.42 Å². The van der Waals surface area contributed by atoms with E-state index in [2.05, 4.69) is 29.2 Å². The molecule has 178 valence electrons. The van der Waals surface area contributed by atoms with E-state index in [-0.39, 0.29) is 12.5 Å². The maximum absolute atomic E-state index is 13.0. The molecule has 0 bridgehead atoms. The minimum absolute atomic E-state index is 0.238. The molecule has 0 unspecified atom stereocenters. The Bertz CT molecular complexity index is 1060. The van der Waals surface area contributed by atoms with E-state index in [1.165, 1.54) is 14.2 Å². The first kappa shape index (κ1) is 24.6. The summed E-state index contributed by atoms with van der Waals surface area (Å²) in [6.07, 6.45) is 5.29. The van der Waals surface area contributed by atoms with Crippen molar-refractivity contribution in [1.29, 1.82) is 0 Å². The van der Waals surface area contributed by atoms with Gasteiger partial charge in [-0.05, 0) is 17.7 Å². The first-order valence-corrected chi connectivity index (χ1v) is 12.6. The molecule has 1 aliphatic rings. The van der Waals surface area contributed by atoms with Crippen molar-refractivity contribution in [3.8, 4) is 11.5 Å². The van der Waals surface area contributed by atoms with Gasteiger partial charge in [0.2, 0.25) is 15.9 Å². The fourth-order valence-electron chi connectivity index (χ4n) is 3.68. The van der Waals surface area contributed by atoms with Gasteiger partial charge in [-0.2, -0.15) is 0 Å². The molecule has 1 amide bonds. The summed E-state index contributed by atoms with van der Waals surface area (Å²) in [5, 5.41) is 0. The van der Waals surface area contributed by atoms with Crippen molar-refractivity contribution >= 4 is 27.7 Å². The van der Waals surface area contributed by atoms with E-state index in [1.54, 1.807) is 23.1 Å². The summed E-state index contributed by atoms with van der Waals surface area (Å²) in [6.45, 7) is 3.08. The monoisotopic (exact) mass is 473 g/mol. The fraction of sp³-hybridized carbons (Fsp3) is 0.375. The van der Waals surface area contributed by atoms with Gasteiger partial charge in [-0.15, -0.1) is 0 Å². The van der Waals surface area contributed by atoms with Crippen LogP contribution in [0.1, 0.15) is 5.56 Å². The molecular formula is C24H31N3O5S. The number of benzene rings is 2. The molecule has 1 aliphatic heterocycles. The zero-order valence-corrected chi connectivity index (χ0v) is 20.1. The number of nitrogens with zero attached hydrogens (tertiary/aromatic N) is 3. The number of ether oxygens (including phenoxy) is 2. The van der Waals surface area contributed by atoms with Crippen LogP contribution in [0.3, 0.4) is 0 Å². The number of amides is 1. The highest BCUT2D eigenvalue weighted by Crippen LogP contribution is 2.33. The van der Waals surface area contributed by atoms with Crippen LogP contribution in [-0.4, -0.2) is 83.9 Å². The highest BCUT2D eigenvalue weighted by molar-refractivity contribution is 7.92. The van der Waals surface area contributed by atoms with Gasteiger partial charge in [-0.1, -0.05) is 42.5 Å². The normalized spacial score (nSPS) is 14.9. The second kappa shape index (κ2) is 11.2. The maximum Gasteiger partial charge on any atom is 0.243 e. The molecule has 3 rings (SSSR count). The van der Waals surface area contributed by atoms with Gasteiger partial charge in [0.15, 0.2) is 0 Å². The Morgan fingerprint density at radius 2 is 1.73 bits per heavy atom. The van der Waals surface area contributed by atoms with Crippen LogP contribution >= 0.6 is 0 Å². The summed E-state index contributed by atoms with van der Waals surface area (Å²) in [7, 11) is -0.740. The average molecular weight is 474 g/mol. The van der Waals surface area contributed by atoms with Crippen LogP contribution in [-0.2, 0) is 14.8 Å². The average Bonchev–Trinajstić information content (AvgIpc) is 2.82.